The highest BCUT2D eigenvalue weighted by Crippen LogP contribution is 2.14. The van der Waals surface area contributed by atoms with Crippen LogP contribution in [0.5, 0.6) is 0 Å². The summed E-state index contributed by atoms with van der Waals surface area (Å²) < 4.78 is 22.5. The second-order valence-corrected chi connectivity index (χ2v) is 6.03. The third kappa shape index (κ3) is 2.48. The standard InChI is InChI=1S/C12H11NO4S/c1-18(16,17)10-4-2-9(3-5-10)8-13-11(14)6-7-12(13)15/h2-7H,8H2,1H3. The molecule has 1 aliphatic heterocycles. The fourth-order valence-electron chi connectivity index (χ4n) is 1.61. The summed E-state index contributed by atoms with van der Waals surface area (Å²) in [6.45, 7) is 0.148. The number of hydrogen-bond donors (Lipinski definition) is 0. The van der Waals surface area contributed by atoms with E-state index in [1.54, 1.807) is 12.1 Å². The van der Waals surface area contributed by atoms with E-state index in [-0.39, 0.29) is 23.3 Å². The number of rotatable bonds is 3. The Morgan fingerprint density at radius 1 is 1.00 bits per heavy atom. The fourth-order valence-corrected chi connectivity index (χ4v) is 2.24. The predicted octanol–water partition coefficient (Wildman–Crippen LogP) is 0.515. The van der Waals surface area contributed by atoms with Gasteiger partial charge >= 0.3 is 0 Å². The molecule has 18 heavy (non-hydrogen) atoms. The van der Waals surface area contributed by atoms with Crippen molar-refractivity contribution in [2.24, 2.45) is 0 Å². The maximum atomic E-state index is 11.3. The molecule has 0 unspecified atom stereocenters. The van der Waals surface area contributed by atoms with Crippen LogP contribution in [0.3, 0.4) is 0 Å². The number of carbonyl (C=O) groups excluding carboxylic acids is 2. The van der Waals surface area contributed by atoms with Crippen LogP contribution in [0.2, 0.25) is 0 Å². The molecule has 1 heterocycles. The molecule has 2 amide bonds. The molecule has 0 saturated heterocycles. The first-order chi connectivity index (χ1) is 8.38. The molecule has 0 bridgehead atoms. The van der Waals surface area contributed by atoms with Gasteiger partial charge < -0.3 is 0 Å². The quantitative estimate of drug-likeness (QED) is 0.747. The molecule has 6 heteroatoms. The molecule has 2 rings (SSSR count). The summed E-state index contributed by atoms with van der Waals surface area (Å²) in [6, 6.07) is 6.11. The zero-order chi connectivity index (χ0) is 13.3. The number of carbonyl (C=O) groups is 2. The Hall–Kier alpha value is -1.95. The first-order valence-electron chi connectivity index (χ1n) is 5.20. The maximum Gasteiger partial charge on any atom is 0.253 e. The molecule has 0 spiro atoms. The van der Waals surface area contributed by atoms with Gasteiger partial charge in [-0.25, -0.2) is 8.42 Å². The highest BCUT2D eigenvalue weighted by molar-refractivity contribution is 7.90. The molecule has 1 aliphatic rings. The molecule has 0 N–H and O–H groups in total. The second kappa shape index (κ2) is 4.38. The van der Waals surface area contributed by atoms with Crippen molar-refractivity contribution in [1.29, 1.82) is 0 Å². The van der Waals surface area contributed by atoms with E-state index in [4.69, 9.17) is 0 Å². The van der Waals surface area contributed by atoms with Crippen molar-refractivity contribution in [3.8, 4) is 0 Å². The monoisotopic (exact) mass is 265 g/mol. The lowest BCUT2D eigenvalue weighted by Gasteiger charge is -2.13. The molecule has 1 aromatic carbocycles. The van der Waals surface area contributed by atoms with Crippen LogP contribution in [-0.4, -0.2) is 31.4 Å². The Labute approximate surface area is 105 Å². The average molecular weight is 265 g/mol. The zero-order valence-electron chi connectivity index (χ0n) is 9.66. The van der Waals surface area contributed by atoms with Crippen LogP contribution >= 0.6 is 0 Å². The van der Waals surface area contributed by atoms with E-state index in [0.717, 1.165) is 11.2 Å². The highest BCUT2D eigenvalue weighted by atomic mass is 32.2. The lowest BCUT2D eigenvalue weighted by molar-refractivity contribution is -0.137. The Morgan fingerprint density at radius 3 is 1.94 bits per heavy atom. The van der Waals surface area contributed by atoms with Gasteiger partial charge in [0.2, 0.25) is 0 Å². The summed E-state index contributed by atoms with van der Waals surface area (Å²) in [6.07, 6.45) is 3.56. The van der Waals surface area contributed by atoms with E-state index in [1.807, 2.05) is 0 Å². The summed E-state index contributed by atoms with van der Waals surface area (Å²) in [5, 5.41) is 0. The molecule has 0 aliphatic carbocycles. The molecule has 0 radical (unpaired) electrons. The minimum absolute atomic E-state index is 0.148. The van der Waals surface area contributed by atoms with Gasteiger partial charge in [0.1, 0.15) is 0 Å². The summed E-state index contributed by atoms with van der Waals surface area (Å²) in [7, 11) is -3.23. The molecule has 1 aromatic rings. The van der Waals surface area contributed by atoms with Crippen molar-refractivity contribution in [2.45, 2.75) is 11.4 Å². The van der Waals surface area contributed by atoms with Crippen LogP contribution < -0.4 is 0 Å². The second-order valence-electron chi connectivity index (χ2n) is 4.01. The van der Waals surface area contributed by atoms with E-state index in [1.165, 1.54) is 24.3 Å². The maximum absolute atomic E-state index is 11.3. The molecular weight excluding hydrogens is 254 g/mol. The molecule has 5 nitrogen and oxygen atoms in total. The van der Waals surface area contributed by atoms with E-state index in [0.29, 0.717) is 5.56 Å². The van der Waals surface area contributed by atoms with E-state index < -0.39 is 9.84 Å². The highest BCUT2D eigenvalue weighted by Gasteiger charge is 2.23. The molecule has 0 atom stereocenters. The van der Waals surface area contributed by atoms with Crippen LogP contribution in [0.15, 0.2) is 41.3 Å². The van der Waals surface area contributed by atoms with Crippen molar-refractivity contribution in [3.05, 3.63) is 42.0 Å². The number of amides is 2. The first kappa shape index (κ1) is 12.5. The van der Waals surface area contributed by atoms with Gasteiger partial charge in [-0.2, -0.15) is 0 Å². The van der Waals surface area contributed by atoms with Gasteiger partial charge in [0.15, 0.2) is 9.84 Å². The van der Waals surface area contributed by atoms with E-state index in [2.05, 4.69) is 0 Å². The van der Waals surface area contributed by atoms with Crippen LogP contribution in [0.25, 0.3) is 0 Å². The van der Waals surface area contributed by atoms with Crippen molar-refractivity contribution in [1.82, 2.24) is 4.90 Å². The first-order valence-corrected chi connectivity index (χ1v) is 7.09. The topological polar surface area (TPSA) is 71.5 Å². The van der Waals surface area contributed by atoms with Gasteiger partial charge in [-0.05, 0) is 17.7 Å². The Balaban J connectivity index is 2.17. The van der Waals surface area contributed by atoms with Crippen LogP contribution in [0, 0.1) is 0 Å². The largest absolute Gasteiger partial charge is 0.271 e. The number of nitrogens with zero attached hydrogens (tertiary/aromatic N) is 1. The Kier molecular flexibility index (Phi) is 3.04. The normalized spacial score (nSPS) is 15.5. The lowest BCUT2D eigenvalue weighted by atomic mass is 10.2. The van der Waals surface area contributed by atoms with Gasteiger partial charge in [0.05, 0.1) is 11.4 Å². The minimum Gasteiger partial charge on any atom is -0.271 e. The third-order valence-corrected chi connectivity index (χ3v) is 3.72. The lowest BCUT2D eigenvalue weighted by Crippen LogP contribution is -2.29. The van der Waals surface area contributed by atoms with E-state index in [9.17, 15) is 18.0 Å². The summed E-state index contributed by atoms with van der Waals surface area (Å²) >= 11 is 0. The Bertz CT molecular complexity index is 611. The smallest absolute Gasteiger partial charge is 0.253 e. The summed E-state index contributed by atoms with van der Waals surface area (Å²) in [5.41, 5.74) is 0.702. The molecule has 94 valence electrons. The van der Waals surface area contributed by atoms with E-state index >= 15 is 0 Å². The molecule has 0 aromatic heterocycles. The van der Waals surface area contributed by atoms with Crippen LogP contribution in [0.1, 0.15) is 5.56 Å². The average Bonchev–Trinajstić information content (AvgIpc) is 2.60. The SMILES string of the molecule is CS(=O)(=O)c1ccc(CN2C(=O)C=CC2=O)cc1. The number of hydrogen-bond acceptors (Lipinski definition) is 4. The van der Waals surface area contributed by atoms with Gasteiger partial charge in [0, 0.05) is 18.4 Å². The molecule has 0 fully saturated rings. The molecular formula is C12H11NO4S. The van der Waals surface area contributed by atoms with Gasteiger partial charge in [0.25, 0.3) is 11.8 Å². The predicted molar refractivity (Wildman–Crippen MR) is 64.2 cm³/mol. The number of sulfone groups is 1. The number of imide groups is 1. The Morgan fingerprint density at radius 2 is 1.50 bits per heavy atom. The molecule has 0 saturated carbocycles. The van der Waals surface area contributed by atoms with Crippen molar-refractivity contribution in [3.63, 3.8) is 0 Å². The summed E-state index contributed by atoms with van der Waals surface area (Å²) in [4.78, 5) is 24.0. The van der Waals surface area contributed by atoms with Crippen LogP contribution in [-0.2, 0) is 26.0 Å². The fraction of sp³-hybridized carbons (Fsp3) is 0.167. The third-order valence-electron chi connectivity index (χ3n) is 2.59. The zero-order valence-corrected chi connectivity index (χ0v) is 10.5. The van der Waals surface area contributed by atoms with Crippen molar-refractivity contribution in [2.75, 3.05) is 6.26 Å². The minimum atomic E-state index is -3.23. The van der Waals surface area contributed by atoms with Crippen molar-refractivity contribution >= 4 is 21.7 Å². The van der Waals surface area contributed by atoms with Gasteiger partial charge in [-0.3, -0.25) is 14.5 Å². The summed E-state index contributed by atoms with van der Waals surface area (Å²) in [5.74, 6) is -0.709. The van der Waals surface area contributed by atoms with Gasteiger partial charge in [-0.15, -0.1) is 0 Å². The number of benzene rings is 1. The van der Waals surface area contributed by atoms with Crippen LogP contribution in [0.4, 0.5) is 0 Å². The van der Waals surface area contributed by atoms with Crippen molar-refractivity contribution < 1.29 is 18.0 Å². The van der Waals surface area contributed by atoms with Gasteiger partial charge in [-0.1, -0.05) is 12.1 Å².